The molecule has 0 saturated heterocycles. The first-order valence-corrected chi connectivity index (χ1v) is 23.8. The van der Waals surface area contributed by atoms with Crippen molar-refractivity contribution in [2.24, 2.45) is 23.7 Å². The van der Waals surface area contributed by atoms with Gasteiger partial charge in [0, 0.05) is 11.8 Å². The van der Waals surface area contributed by atoms with Crippen molar-refractivity contribution in [3.8, 4) is 0 Å². The molecule has 12 nitrogen and oxygen atoms in total. The Labute approximate surface area is 381 Å². The number of carbonyl (C=O) groups excluding carboxylic acids is 6. The van der Waals surface area contributed by atoms with Crippen LogP contribution in [0.2, 0.25) is 0 Å². The van der Waals surface area contributed by atoms with Gasteiger partial charge in [0.1, 0.15) is 32.8 Å². The predicted octanol–water partition coefficient (Wildman–Crippen LogP) is 10.3. The summed E-state index contributed by atoms with van der Waals surface area (Å²) in [5.41, 5.74) is -0.00357. The Balaban J connectivity index is 0.000000335. The van der Waals surface area contributed by atoms with E-state index in [1.54, 1.807) is 26.8 Å². The van der Waals surface area contributed by atoms with Crippen molar-refractivity contribution < 1.29 is 47.7 Å². The Morgan fingerprint density at radius 1 is 0.719 bits per heavy atom. The molecule has 2 amide bonds. The number of nitrogens with one attached hydrogen (secondary N) is 1. The number of thiophene rings is 2. The molecule has 0 aliphatic heterocycles. The molecule has 0 aromatic carbocycles. The second-order valence-electron chi connectivity index (χ2n) is 16.2. The first-order valence-electron chi connectivity index (χ1n) is 18.9. The van der Waals surface area contributed by atoms with E-state index in [2.05, 4.69) is 80.3 Å². The minimum absolute atomic E-state index is 0.0243. The molecule has 2 saturated carbocycles. The fraction of sp³-hybridized carbons (Fsp3) is 0.650. The number of halogens is 3. The van der Waals surface area contributed by atoms with Crippen LogP contribution in [-0.2, 0) is 38.1 Å². The van der Waals surface area contributed by atoms with Crippen molar-refractivity contribution in [1.82, 2.24) is 0 Å². The molecule has 2 aliphatic rings. The summed E-state index contributed by atoms with van der Waals surface area (Å²) in [6.07, 6.45) is 7.62. The quantitative estimate of drug-likeness (QED) is 0.111. The number of alkyl halides is 1. The van der Waals surface area contributed by atoms with Gasteiger partial charge in [-0.1, -0.05) is 29.8 Å². The molecular formula is C40H57BrI2N2O10S2. The Bertz CT molecular complexity index is 1690. The molecule has 320 valence electrons. The normalized spacial score (nSPS) is 19.3. The summed E-state index contributed by atoms with van der Waals surface area (Å²) >= 11 is 9.81. The Hall–Kier alpha value is -1.84. The third-order valence-electron chi connectivity index (χ3n) is 8.93. The third kappa shape index (κ3) is 18.1. The molecule has 0 bridgehead atoms. The summed E-state index contributed by atoms with van der Waals surface area (Å²) in [6, 6.07) is 3.58. The molecule has 0 unspecified atom stereocenters. The molecule has 0 radical (unpaired) electrons. The van der Waals surface area contributed by atoms with Gasteiger partial charge in [-0.2, -0.15) is 0 Å². The maximum Gasteiger partial charge on any atom is 0.350 e. The fourth-order valence-electron chi connectivity index (χ4n) is 6.13. The van der Waals surface area contributed by atoms with Crippen LogP contribution in [0.25, 0.3) is 0 Å². The van der Waals surface area contributed by atoms with Crippen LogP contribution in [0.5, 0.6) is 0 Å². The van der Waals surface area contributed by atoms with Crippen molar-refractivity contribution in [2.45, 2.75) is 118 Å². The van der Waals surface area contributed by atoms with Gasteiger partial charge in [0.15, 0.2) is 0 Å². The Morgan fingerprint density at radius 2 is 1.16 bits per heavy atom. The SMILES string of the molecule is CC(C)(C)OC(=O)CBr.COC(=O)c1sc(I)cc1N(CC(=O)OC(C)(C)C)C(=O)C1CCC(C)CC1.COC(=O)c1sc(I)cc1NC(=O)C1CCC(C)CC1. The molecule has 2 aliphatic carbocycles. The number of carbonyl (C=O) groups is 6. The number of rotatable bonds is 9. The predicted molar refractivity (Wildman–Crippen MR) is 245 cm³/mol. The molecule has 2 heterocycles. The zero-order chi connectivity index (χ0) is 43.2. The Kier molecular flexibility index (Phi) is 21.4. The summed E-state index contributed by atoms with van der Waals surface area (Å²) in [4.78, 5) is 74.8. The van der Waals surface area contributed by atoms with Gasteiger partial charge in [0.2, 0.25) is 11.8 Å². The molecule has 0 atom stereocenters. The number of esters is 4. The lowest BCUT2D eigenvalue weighted by molar-refractivity contribution is -0.154. The lowest BCUT2D eigenvalue weighted by Crippen LogP contribution is -2.43. The van der Waals surface area contributed by atoms with E-state index in [1.165, 1.54) is 41.8 Å². The highest BCUT2D eigenvalue weighted by atomic mass is 127. The minimum atomic E-state index is -0.652. The van der Waals surface area contributed by atoms with E-state index in [0.717, 1.165) is 57.1 Å². The number of hydrogen-bond acceptors (Lipinski definition) is 12. The highest BCUT2D eigenvalue weighted by Gasteiger charge is 2.34. The molecule has 2 aromatic heterocycles. The second kappa shape index (κ2) is 23.8. The number of amides is 2. The van der Waals surface area contributed by atoms with Gasteiger partial charge in [-0.3, -0.25) is 24.1 Å². The number of nitrogens with zero attached hydrogens (tertiary/aromatic N) is 1. The van der Waals surface area contributed by atoms with Crippen LogP contribution in [0.3, 0.4) is 0 Å². The molecular weight excluding hydrogens is 1070 g/mol. The van der Waals surface area contributed by atoms with Gasteiger partial charge < -0.3 is 24.3 Å². The Morgan fingerprint density at radius 3 is 1.61 bits per heavy atom. The van der Waals surface area contributed by atoms with Gasteiger partial charge in [0.25, 0.3) is 0 Å². The van der Waals surface area contributed by atoms with Gasteiger partial charge in [0.05, 0.1) is 31.4 Å². The van der Waals surface area contributed by atoms with E-state index >= 15 is 0 Å². The molecule has 0 spiro atoms. The average Bonchev–Trinajstić information content (AvgIpc) is 3.70. The van der Waals surface area contributed by atoms with Gasteiger partial charge in [-0.15, -0.1) is 22.7 Å². The van der Waals surface area contributed by atoms with Crippen LogP contribution < -0.4 is 10.2 Å². The molecule has 1 N–H and O–H groups in total. The summed E-state index contributed by atoms with van der Waals surface area (Å²) in [6.45, 7) is 15.1. The van der Waals surface area contributed by atoms with Crippen LogP contribution in [0.15, 0.2) is 12.1 Å². The van der Waals surface area contributed by atoms with Gasteiger partial charge >= 0.3 is 23.9 Å². The van der Waals surface area contributed by atoms with Crippen molar-refractivity contribution in [3.63, 3.8) is 0 Å². The van der Waals surface area contributed by atoms with Crippen molar-refractivity contribution >= 4 is 131 Å². The van der Waals surface area contributed by atoms with E-state index in [0.29, 0.717) is 33.0 Å². The molecule has 17 heteroatoms. The largest absolute Gasteiger partial charge is 0.465 e. The zero-order valence-electron chi connectivity index (χ0n) is 34.5. The lowest BCUT2D eigenvalue weighted by Gasteiger charge is -2.31. The number of anilines is 2. The third-order valence-corrected chi connectivity index (χ3v) is 13.1. The van der Waals surface area contributed by atoms with Crippen LogP contribution in [-0.4, -0.2) is 73.0 Å². The smallest absolute Gasteiger partial charge is 0.350 e. The van der Waals surface area contributed by atoms with Crippen molar-refractivity contribution in [1.29, 1.82) is 0 Å². The molecule has 4 rings (SSSR count). The monoisotopic (exact) mass is 1120 g/mol. The first kappa shape index (κ1) is 51.3. The maximum absolute atomic E-state index is 13.3. The highest BCUT2D eigenvalue weighted by molar-refractivity contribution is 14.1. The summed E-state index contributed by atoms with van der Waals surface area (Å²) in [7, 11) is 2.66. The van der Waals surface area contributed by atoms with Crippen LogP contribution in [0.1, 0.15) is 126 Å². The van der Waals surface area contributed by atoms with Crippen LogP contribution in [0, 0.1) is 29.4 Å². The molecule has 57 heavy (non-hydrogen) atoms. The molecule has 2 fully saturated rings. The average molecular weight is 1120 g/mol. The summed E-state index contributed by atoms with van der Waals surface area (Å²) in [5, 5.41) is 3.17. The minimum Gasteiger partial charge on any atom is -0.465 e. The maximum atomic E-state index is 13.3. The number of methoxy groups -OCH3 is 2. The van der Waals surface area contributed by atoms with Gasteiger partial charge in [-0.05, 0) is 162 Å². The van der Waals surface area contributed by atoms with Crippen molar-refractivity contribution in [2.75, 3.05) is 36.3 Å². The first-order chi connectivity index (χ1) is 26.5. The standard InChI is InChI=1S/C20H28INO5S.C14H18INO3S.C6H11BrO2/c1-12-6-8-13(9-7-12)18(24)22(11-16(23)27-20(2,3)4)14-10-15(21)28-17(14)19(25)26-5;1-8-3-5-9(6-4-8)13(17)16-10-7-11(15)20-12(10)14(18)19-2;1-6(2,3)9-5(8)4-7/h10,12-13H,6-9,11H2,1-5H3;7-9H,3-6H2,1-2H3,(H,16,17);4H2,1-3H3. The number of hydrogen-bond donors (Lipinski definition) is 1. The summed E-state index contributed by atoms with van der Waals surface area (Å²) in [5.74, 6) is -0.496. The zero-order valence-corrected chi connectivity index (χ0v) is 42.0. The highest BCUT2D eigenvalue weighted by Crippen LogP contribution is 2.36. The van der Waals surface area contributed by atoms with Crippen molar-refractivity contribution in [3.05, 3.63) is 27.7 Å². The summed E-state index contributed by atoms with van der Waals surface area (Å²) < 4.78 is 21.8. The lowest BCUT2D eigenvalue weighted by atomic mass is 9.82. The number of ether oxygens (including phenoxy) is 4. The van der Waals surface area contributed by atoms with E-state index in [9.17, 15) is 28.8 Å². The van der Waals surface area contributed by atoms with E-state index in [1.807, 2.05) is 26.8 Å². The van der Waals surface area contributed by atoms with E-state index in [-0.39, 0.29) is 47.1 Å². The topological polar surface area (TPSA) is 155 Å². The van der Waals surface area contributed by atoms with Gasteiger partial charge in [-0.25, -0.2) is 9.59 Å². The van der Waals surface area contributed by atoms with E-state index in [4.69, 9.17) is 18.9 Å². The van der Waals surface area contributed by atoms with Crippen LogP contribution >= 0.6 is 83.8 Å². The van der Waals surface area contributed by atoms with Crippen LogP contribution in [0.4, 0.5) is 11.4 Å². The fourth-order valence-corrected chi connectivity index (χ4v) is 9.73. The molecule has 2 aromatic rings. The second-order valence-corrected chi connectivity index (χ2v) is 22.6. The van der Waals surface area contributed by atoms with E-state index < -0.39 is 23.5 Å².